The highest BCUT2D eigenvalue weighted by Gasteiger charge is 2.26. The number of esters is 1. The molecule has 1 aliphatic rings. The molecule has 2 aromatic carbocycles. The minimum atomic E-state index is -0.473. The van der Waals surface area contributed by atoms with E-state index in [4.69, 9.17) is 9.47 Å². The number of hydrogen-bond donors (Lipinski definition) is 0. The number of ketones is 1. The number of benzene rings is 2. The van der Waals surface area contributed by atoms with Crippen molar-refractivity contribution in [2.24, 2.45) is 0 Å². The molecule has 0 amide bonds. The van der Waals surface area contributed by atoms with Gasteiger partial charge in [0.25, 0.3) is 0 Å². The van der Waals surface area contributed by atoms with Gasteiger partial charge in [0.05, 0.1) is 11.5 Å². The lowest BCUT2D eigenvalue weighted by Gasteiger charge is -2.27. The van der Waals surface area contributed by atoms with Gasteiger partial charge in [-0.25, -0.2) is 0 Å². The molecular weight excluding hydrogens is 402 g/mol. The largest absolute Gasteiger partial charge is 0.456 e. The van der Waals surface area contributed by atoms with Crippen molar-refractivity contribution >= 4 is 24.2 Å². The smallest absolute Gasteiger partial charge is 0.314 e. The molecule has 0 spiro atoms. The Hall–Kier alpha value is -2.37. The molecule has 5 nitrogen and oxygen atoms in total. The van der Waals surface area contributed by atoms with Crippen LogP contribution in [0.25, 0.3) is 0 Å². The Morgan fingerprint density at radius 3 is 2.43 bits per heavy atom. The molecule has 0 N–H and O–H groups in total. The van der Waals surface area contributed by atoms with Crippen LogP contribution in [0.15, 0.2) is 36.4 Å². The van der Waals surface area contributed by atoms with Crippen LogP contribution in [-0.2, 0) is 16.0 Å². The van der Waals surface area contributed by atoms with Gasteiger partial charge in [-0.05, 0) is 57.6 Å². The molecule has 2 aromatic rings. The lowest BCUT2D eigenvalue weighted by molar-refractivity contribution is -0.158. The highest BCUT2D eigenvalue weighted by Crippen LogP contribution is 2.35. The molecule has 0 saturated heterocycles. The quantitative estimate of drug-likeness (QED) is 0.460. The number of halogens is 1. The summed E-state index contributed by atoms with van der Waals surface area (Å²) in [4.78, 5) is 27.6. The number of ether oxygens (including phenoxy) is 2. The highest BCUT2D eigenvalue weighted by molar-refractivity contribution is 6.01. The Kier molecular flexibility index (Phi) is 8.04. The van der Waals surface area contributed by atoms with Crippen molar-refractivity contribution in [1.82, 2.24) is 4.90 Å². The Balaban J connectivity index is 0.00000320. The third-order valence-electron chi connectivity index (χ3n) is 5.56. The van der Waals surface area contributed by atoms with E-state index in [0.717, 1.165) is 29.8 Å². The summed E-state index contributed by atoms with van der Waals surface area (Å²) in [6.07, 6.45) is -0.00542. The van der Waals surface area contributed by atoms with E-state index < -0.39 is 5.92 Å². The van der Waals surface area contributed by atoms with Crippen molar-refractivity contribution < 1.29 is 19.1 Å². The summed E-state index contributed by atoms with van der Waals surface area (Å²) in [6.45, 7) is 11.4. The monoisotopic (exact) mass is 431 g/mol. The van der Waals surface area contributed by atoms with Crippen molar-refractivity contribution in [1.29, 1.82) is 0 Å². The maximum absolute atomic E-state index is 12.9. The second kappa shape index (κ2) is 10.1. The zero-order chi connectivity index (χ0) is 21.1. The molecule has 162 valence electrons. The van der Waals surface area contributed by atoms with Crippen LogP contribution in [0.5, 0.6) is 11.5 Å². The topological polar surface area (TPSA) is 55.8 Å². The number of fused-ring (bicyclic) bond motifs is 2. The summed E-state index contributed by atoms with van der Waals surface area (Å²) in [7, 11) is 0. The van der Waals surface area contributed by atoms with E-state index >= 15 is 0 Å². The predicted molar refractivity (Wildman–Crippen MR) is 120 cm³/mol. The lowest BCUT2D eigenvalue weighted by Crippen LogP contribution is -2.37. The van der Waals surface area contributed by atoms with Crippen LogP contribution < -0.4 is 4.74 Å². The fourth-order valence-corrected chi connectivity index (χ4v) is 3.68. The highest BCUT2D eigenvalue weighted by atomic mass is 35.5. The van der Waals surface area contributed by atoms with Gasteiger partial charge in [0.2, 0.25) is 0 Å². The Bertz CT molecular complexity index is 923. The van der Waals surface area contributed by atoms with Gasteiger partial charge in [-0.3, -0.25) is 14.5 Å². The number of carbonyl (C=O) groups excluding carboxylic acids is 2. The van der Waals surface area contributed by atoms with E-state index in [1.54, 1.807) is 19.1 Å². The summed E-state index contributed by atoms with van der Waals surface area (Å²) in [6, 6.07) is 11.2. The molecule has 2 unspecified atom stereocenters. The van der Waals surface area contributed by atoms with E-state index in [-0.39, 0.29) is 36.8 Å². The maximum atomic E-state index is 12.9. The molecule has 2 atom stereocenters. The van der Waals surface area contributed by atoms with Crippen LogP contribution >= 0.6 is 12.4 Å². The molecule has 0 aliphatic carbocycles. The van der Waals surface area contributed by atoms with Crippen LogP contribution in [0, 0.1) is 6.92 Å². The Morgan fingerprint density at radius 2 is 1.77 bits per heavy atom. The molecule has 0 fully saturated rings. The van der Waals surface area contributed by atoms with Crippen molar-refractivity contribution in [2.45, 2.75) is 53.2 Å². The first-order chi connectivity index (χ1) is 13.8. The molecule has 1 aliphatic heterocycles. The van der Waals surface area contributed by atoms with E-state index in [9.17, 15) is 9.59 Å². The first kappa shape index (κ1) is 23.9. The zero-order valence-electron chi connectivity index (χ0n) is 18.2. The van der Waals surface area contributed by atoms with Gasteiger partial charge in [-0.2, -0.15) is 0 Å². The van der Waals surface area contributed by atoms with Crippen molar-refractivity contribution in [3.05, 3.63) is 58.7 Å². The van der Waals surface area contributed by atoms with Crippen LogP contribution in [0.2, 0.25) is 0 Å². The van der Waals surface area contributed by atoms with Gasteiger partial charge in [0.15, 0.2) is 12.0 Å². The van der Waals surface area contributed by atoms with Crippen molar-refractivity contribution in [3.63, 3.8) is 0 Å². The van der Waals surface area contributed by atoms with Gasteiger partial charge < -0.3 is 9.47 Å². The average Bonchev–Trinajstić information content (AvgIpc) is 2.83. The van der Waals surface area contributed by atoms with E-state index in [1.165, 1.54) is 0 Å². The minimum Gasteiger partial charge on any atom is -0.456 e. The van der Waals surface area contributed by atoms with Gasteiger partial charge in [0, 0.05) is 12.0 Å². The van der Waals surface area contributed by atoms with Gasteiger partial charge in [-0.1, -0.05) is 37.6 Å². The number of Topliss-reactive ketones (excluding diaryl/α,β-unsaturated/α-hetero) is 1. The first-order valence-electron chi connectivity index (χ1n) is 10.2. The van der Waals surface area contributed by atoms with Crippen LogP contribution in [0.1, 0.15) is 60.7 Å². The van der Waals surface area contributed by atoms with E-state index in [0.29, 0.717) is 17.1 Å². The predicted octanol–water partition coefficient (Wildman–Crippen LogP) is 5.28. The summed E-state index contributed by atoms with van der Waals surface area (Å²) in [5, 5.41) is 0. The molecule has 1 heterocycles. The summed E-state index contributed by atoms with van der Waals surface area (Å²) in [5.74, 6) is 0.446. The minimum absolute atomic E-state index is 0. The first-order valence-corrected chi connectivity index (χ1v) is 10.2. The third kappa shape index (κ3) is 5.02. The Morgan fingerprint density at radius 1 is 1.10 bits per heavy atom. The SMILES string of the molecule is CCN(CC)C(C)OC(=O)C(C)c1ccc2c(c1)C(=O)Cc1cc(C)ccc1O2.Cl. The zero-order valence-corrected chi connectivity index (χ0v) is 19.0. The molecule has 0 saturated carbocycles. The van der Waals surface area contributed by atoms with Gasteiger partial charge >= 0.3 is 5.97 Å². The van der Waals surface area contributed by atoms with Crippen molar-refractivity contribution in [2.75, 3.05) is 13.1 Å². The van der Waals surface area contributed by atoms with Crippen LogP contribution in [0.3, 0.4) is 0 Å². The molecule has 30 heavy (non-hydrogen) atoms. The molecule has 0 aromatic heterocycles. The summed E-state index contributed by atoms with van der Waals surface area (Å²) in [5.41, 5.74) is 3.23. The standard InChI is InChI=1S/C24H29NO4.ClH/c1-6-25(7-2)17(5)28-24(27)16(4)18-9-11-23-20(13-18)21(26)14-19-12-15(3)8-10-22(19)29-23;/h8-13,16-17H,6-7,14H2,1-5H3;1H. The Labute approximate surface area is 184 Å². The number of hydrogen-bond acceptors (Lipinski definition) is 5. The van der Waals surface area contributed by atoms with Gasteiger partial charge in [0.1, 0.15) is 11.5 Å². The summed E-state index contributed by atoms with van der Waals surface area (Å²) < 4.78 is 11.6. The second-order valence-electron chi connectivity index (χ2n) is 7.55. The maximum Gasteiger partial charge on any atom is 0.314 e. The lowest BCUT2D eigenvalue weighted by atomic mass is 9.95. The molecule has 0 bridgehead atoms. The third-order valence-corrected chi connectivity index (χ3v) is 5.56. The number of carbonyl (C=O) groups is 2. The van der Waals surface area contributed by atoms with Crippen LogP contribution in [0.4, 0.5) is 0 Å². The fraction of sp³-hybridized carbons (Fsp3) is 0.417. The number of nitrogens with zero attached hydrogens (tertiary/aromatic N) is 1. The van der Waals surface area contributed by atoms with Crippen LogP contribution in [-0.4, -0.2) is 36.0 Å². The molecule has 6 heteroatoms. The number of aryl methyl sites for hydroxylation is 1. The molecule has 0 radical (unpaired) electrons. The number of rotatable bonds is 6. The van der Waals surface area contributed by atoms with E-state index in [2.05, 4.69) is 4.90 Å². The fourth-order valence-electron chi connectivity index (χ4n) is 3.68. The van der Waals surface area contributed by atoms with E-state index in [1.807, 2.05) is 52.0 Å². The average molecular weight is 432 g/mol. The molecular formula is C24H30ClNO4. The normalized spacial score (nSPS) is 14.5. The van der Waals surface area contributed by atoms with Gasteiger partial charge in [-0.15, -0.1) is 12.4 Å². The summed E-state index contributed by atoms with van der Waals surface area (Å²) >= 11 is 0. The van der Waals surface area contributed by atoms with Crippen molar-refractivity contribution in [3.8, 4) is 11.5 Å². The molecule has 3 rings (SSSR count). The second-order valence-corrected chi connectivity index (χ2v) is 7.55.